The second-order valence-electron chi connectivity index (χ2n) is 3.67. The van der Waals surface area contributed by atoms with Crippen LogP contribution >= 0.6 is 0 Å². The van der Waals surface area contributed by atoms with E-state index in [0.29, 0.717) is 19.6 Å². The van der Waals surface area contributed by atoms with Crippen molar-refractivity contribution in [1.82, 2.24) is 9.55 Å². The zero-order valence-electron chi connectivity index (χ0n) is 10.2. The number of methoxy groups -OCH3 is 1. The predicted molar refractivity (Wildman–Crippen MR) is 67.8 cm³/mol. The predicted octanol–water partition coefficient (Wildman–Crippen LogP) is -1.44. The number of nitrogens with two attached hydrogens (primary N) is 1. The summed E-state index contributed by atoms with van der Waals surface area (Å²) in [5.41, 5.74) is 4.78. The van der Waals surface area contributed by atoms with Gasteiger partial charge in [0.25, 0.3) is 5.56 Å². The Kier molecular flexibility index (Phi) is 5.40. The van der Waals surface area contributed by atoms with Crippen LogP contribution in [0.5, 0.6) is 0 Å². The lowest BCUT2D eigenvalue weighted by Crippen LogP contribution is -2.35. The number of anilines is 2. The third-order valence-corrected chi connectivity index (χ3v) is 2.40. The minimum Gasteiger partial charge on any atom is -0.396 e. The van der Waals surface area contributed by atoms with Crippen LogP contribution in [0, 0.1) is 0 Å². The number of nitrogens with zero attached hydrogens (tertiary/aromatic N) is 1. The molecule has 0 spiro atoms. The lowest BCUT2D eigenvalue weighted by molar-refractivity contribution is 0.186. The molecule has 1 rings (SSSR count). The summed E-state index contributed by atoms with van der Waals surface area (Å²) in [7, 11) is 1.51. The van der Waals surface area contributed by atoms with Crippen molar-refractivity contribution in [2.75, 3.05) is 37.9 Å². The molecule has 0 radical (unpaired) electrons. The molecule has 18 heavy (non-hydrogen) atoms. The van der Waals surface area contributed by atoms with Gasteiger partial charge in [0.05, 0.1) is 13.2 Å². The van der Waals surface area contributed by atoms with E-state index >= 15 is 0 Å². The van der Waals surface area contributed by atoms with Gasteiger partial charge in [0.15, 0.2) is 0 Å². The summed E-state index contributed by atoms with van der Waals surface area (Å²) in [6.45, 7) is 0.971. The number of nitrogen functional groups attached to an aromatic ring is 1. The maximum Gasteiger partial charge on any atom is 0.330 e. The molecule has 0 saturated carbocycles. The van der Waals surface area contributed by atoms with Crippen LogP contribution in [0.1, 0.15) is 6.42 Å². The number of aromatic amines is 1. The van der Waals surface area contributed by atoms with Crippen molar-refractivity contribution in [3.8, 4) is 0 Å². The van der Waals surface area contributed by atoms with Crippen LogP contribution in [0.4, 0.5) is 11.5 Å². The third-order valence-electron chi connectivity index (χ3n) is 2.40. The van der Waals surface area contributed by atoms with Crippen molar-refractivity contribution in [3.05, 3.63) is 20.8 Å². The average Bonchev–Trinajstić information content (AvgIpc) is 2.33. The lowest BCUT2D eigenvalue weighted by atomic mass is 10.4. The largest absolute Gasteiger partial charge is 0.396 e. The first-order chi connectivity index (χ1) is 8.61. The molecule has 0 saturated heterocycles. The number of rotatable bonds is 7. The van der Waals surface area contributed by atoms with Gasteiger partial charge in [0.2, 0.25) is 0 Å². The Morgan fingerprint density at radius 3 is 2.83 bits per heavy atom. The first-order valence-electron chi connectivity index (χ1n) is 5.58. The number of nitrogens with one attached hydrogen (secondary N) is 2. The van der Waals surface area contributed by atoms with Crippen LogP contribution in [0.3, 0.4) is 0 Å². The monoisotopic (exact) mass is 258 g/mol. The van der Waals surface area contributed by atoms with Gasteiger partial charge in [0, 0.05) is 20.3 Å². The van der Waals surface area contributed by atoms with E-state index < -0.39 is 11.2 Å². The smallest absolute Gasteiger partial charge is 0.330 e. The van der Waals surface area contributed by atoms with E-state index in [0.717, 1.165) is 0 Å². The summed E-state index contributed by atoms with van der Waals surface area (Å²) in [5.74, 6) is 0.0683. The molecule has 0 aliphatic carbocycles. The third kappa shape index (κ3) is 3.34. The maximum atomic E-state index is 11.6. The fourth-order valence-electron chi connectivity index (χ4n) is 1.46. The van der Waals surface area contributed by atoms with Gasteiger partial charge in [-0.3, -0.25) is 14.3 Å². The molecular formula is C10H18N4O4. The van der Waals surface area contributed by atoms with Crippen LogP contribution in [0.25, 0.3) is 0 Å². The van der Waals surface area contributed by atoms with E-state index in [1.54, 1.807) is 0 Å². The highest BCUT2D eigenvalue weighted by atomic mass is 16.5. The van der Waals surface area contributed by atoms with Crippen molar-refractivity contribution in [2.24, 2.45) is 0 Å². The fourth-order valence-corrected chi connectivity index (χ4v) is 1.46. The number of H-pyrrole nitrogens is 1. The summed E-state index contributed by atoms with van der Waals surface area (Å²) in [5, 5.41) is 11.5. The van der Waals surface area contributed by atoms with Gasteiger partial charge in [0.1, 0.15) is 11.5 Å². The summed E-state index contributed by atoms with van der Waals surface area (Å²) < 4.78 is 6.09. The van der Waals surface area contributed by atoms with Gasteiger partial charge in [-0.15, -0.1) is 0 Å². The van der Waals surface area contributed by atoms with Crippen molar-refractivity contribution < 1.29 is 9.84 Å². The maximum absolute atomic E-state index is 11.6. The minimum absolute atomic E-state index is 0.00806. The Hall–Kier alpha value is -1.80. The molecule has 0 unspecified atom stereocenters. The zero-order valence-corrected chi connectivity index (χ0v) is 10.2. The molecule has 0 aliphatic rings. The fraction of sp³-hybridized carbons (Fsp3) is 0.600. The van der Waals surface area contributed by atoms with Gasteiger partial charge >= 0.3 is 5.69 Å². The van der Waals surface area contributed by atoms with E-state index in [1.165, 1.54) is 11.7 Å². The second kappa shape index (κ2) is 6.82. The molecule has 5 N–H and O–H groups in total. The molecule has 0 atom stereocenters. The minimum atomic E-state index is -0.567. The van der Waals surface area contributed by atoms with Crippen LogP contribution in [0.2, 0.25) is 0 Å². The van der Waals surface area contributed by atoms with E-state index in [2.05, 4.69) is 10.3 Å². The van der Waals surface area contributed by atoms with E-state index in [4.69, 9.17) is 15.6 Å². The first-order valence-corrected chi connectivity index (χ1v) is 5.58. The van der Waals surface area contributed by atoms with Gasteiger partial charge in [-0.05, 0) is 6.42 Å². The Morgan fingerprint density at radius 1 is 1.50 bits per heavy atom. The number of aliphatic hydroxyl groups is 1. The Morgan fingerprint density at radius 2 is 2.22 bits per heavy atom. The quantitative estimate of drug-likeness (QED) is 0.444. The highest BCUT2D eigenvalue weighted by Gasteiger charge is 2.11. The van der Waals surface area contributed by atoms with Gasteiger partial charge in [-0.2, -0.15) is 0 Å². The molecule has 102 valence electrons. The number of hydrogen-bond acceptors (Lipinski definition) is 6. The standard InChI is InChI=1S/C10H18N4O4/c1-18-6-4-14-8(11)7(12-3-2-5-15)9(16)13-10(14)17/h12,15H,2-6,11H2,1H3,(H,13,16,17). The first kappa shape index (κ1) is 14.3. The molecule has 0 aliphatic heterocycles. The zero-order chi connectivity index (χ0) is 13.5. The molecule has 0 bridgehead atoms. The van der Waals surface area contributed by atoms with E-state index in [9.17, 15) is 9.59 Å². The van der Waals surface area contributed by atoms with E-state index in [-0.39, 0.29) is 24.7 Å². The molecule has 1 aromatic heterocycles. The molecule has 0 fully saturated rings. The Bertz CT molecular complexity index is 494. The normalized spacial score (nSPS) is 10.6. The topological polar surface area (TPSA) is 122 Å². The van der Waals surface area contributed by atoms with Crippen LogP contribution in [0.15, 0.2) is 9.59 Å². The second-order valence-corrected chi connectivity index (χ2v) is 3.67. The molecule has 8 heteroatoms. The molecule has 1 aromatic rings. The summed E-state index contributed by atoms with van der Waals surface area (Å²) in [6.07, 6.45) is 0.482. The van der Waals surface area contributed by atoms with Gasteiger partial charge in [-0.25, -0.2) is 4.79 Å². The molecule has 0 aromatic carbocycles. The molecule has 1 heterocycles. The summed E-state index contributed by atoms with van der Waals surface area (Å²) in [4.78, 5) is 25.3. The number of ether oxygens (including phenoxy) is 1. The number of aliphatic hydroxyl groups excluding tert-OH is 1. The van der Waals surface area contributed by atoms with Crippen LogP contribution in [-0.2, 0) is 11.3 Å². The summed E-state index contributed by atoms with van der Waals surface area (Å²) in [6, 6.07) is 0. The van der Waals surface area contributed by atoms with Crippen molar-refractivity contribution in [3.63, 3.8) is 0 Å². The molecule has 0 amide bonds. The van der Waals surface area contributed by atoms with Crippen LogP contribution < -0.4 is 22.3 Å². The highest BCUT2D eigenvalue weighted by Crippen LogP contribution is 2.09. The lowest BCUT2D eigenvalue weighted by Gasteiger charge is -2.13. The Labute approximate surface area is 103 Å². The van der Waals surface area contributed by atoms with Gasteiger partial charge < -0.3 is 20.9 Å². The van der Waals surface area contributed by atoms with Crippen LogP contribution in [-0.4, -0.2) is 41.5 Å². The van der Waals surface area contributed by atoms with Crippen molar-refractivity contribution in [2.45, 2.75) is 13.0 Å². The highest BCUT2D eigenvalue weighted by molar-refractivity contribution is 5.60. The number of aromatic nitrogens is 2. The summed E-state index contributed by atoms with van der Waals surface area (Å²) >= 11 is 0. The average molecular weight is 258 g/mol. The van der Waals surface area contributed by atoms with Gasteiger partial charge in [-0.1, -0.05) is 0 Å². The molecular weight excluding hydrogens is 240 g/mol. The van der Waals surface area contributed by atoms with Crippen molar-refractivity contribution >= 4 is 11.5 Å². The number of hydrogen-bond donors (Lipinski definition) is 4. The van der Waals surface area contributed by atoms with Crippen molar-refractivity contribution in [1.29, 1.82) is 0 Å². The molecule has 8 nitrogen and oxygen atoms in total. The SMILES string of the molecule is COCCn1c(N)c(NCCCO)c(=O)[nH]c1=O. The van der Waals surface area contributed by atoms with E-state index in [1.807, 2.05) is 0 Å². The Balaban J connectivity index is 3.02.